The van der Waals surface area contributed by atoms with Crippen LogP contribution < -0.4 is 5.32 Å². The first-order valence-electron chi connectivity index (χ1n) is 10.9. The molecule has 0 spiro atoms. The molecule has 2 aliphatic heterocycles. The molecule has 2 aliphatic rings. The summed E-state index contributed by atoms with van der Waals surface area (Å²) in [4.78, 5) is 4.67. The Morgan fingerprint density at radius 2 is 2.00 bits per heavy atom. The van der Waals surface area contributed by atoms with E-state index in [9.17, 15) is 5.11 Å². The third-order valence-electron chi connectivity index (χ3n) is 6.28. The smallest absolute Gasteiger partial charge is 0.201 e. The van der Waals surface area contributed by atoms with Crippen LogP contribution in [0.15, 0.2) is 35.5 Å². The second-order valence-corrected chi connectivity index (χ2v) is 8.27. The Bertz CT molecular complexity index is 1110. The molecular weight excluding hydrogens is 394 g/mol. The summed E-state index contributed by atoms with van der Waals surface area (Å²) >= 11 is 0. The first kappa shape index (κ1) is 20.1. The zero-order valence-corrected chi connectivity index (χ0v) is 18.0. The molecule has 31 heavy (non-hydrogen) atoms. The van der Waals surface area contributed by atoms with Gasteiger partial charge in [0.2, 0.25) is 5.88 Å². The standard InChI is InChI=1S/C23H29N5O3/c1-15(20-5-8-25-27(20)2)26-16-3-4-21-18(13-16)22(19-14-31-12-9-24-19)23(29)28(21)17-6-10-30-11-7-17/h3-5,8,13,15,17,26,29H,6-7,9-12,14H2,1-2H3. The molecule has 3 aromatic rings. The van der Waals surface area contributed by atoms with Crippen LogP contribution in [0.1, 0.15) is 43.1 Å². The van der Waals surface area contributed by atoms with Crippen molar-refractivity contribution in [1.29, 1.82) is 0 Å². The van der Waals surface area contributed by atoms with Crippen LogP contribution in [0.3, 0.4) is 0 Å². The van der Waals surface area contributed by atoms with Gasteiger partial charge in [-0.05, 0) is 44.0 Å². The molecule has 1 aromatic carbocycles. The van der Waals surface area contributed by atoms with Gasteiger partial charge in [0.15, 0.2) is 0 Å². The number of aliphatic imine (C=N–C) groups is 1. The summed E-state index contributed by atoms with van der Waals surface area (Å²) in [6.07, 6.45) is 3.58. The highest BCUT2D eigenvalue weighted by molar-refractivity contribution is 6.14. The minimum atomic E-state index is 0.0925. The minimum absolute atomic E-state index is 0.0925. The molecule has 8 heteroatoms. The van der Waals surface area contributed by atoms with E-state index < -0.39 is 0 Å². The van der Waals surface area contributed by atoms with Crippen LogP contribution in [-0.2, 0) is 16.5 Å². The van der Waals surface area contributed by atoms with E-state index in [4.69, 9.17) is 9.47 Å². The number of benzene rings is 1. The maximum absolute atomic E-state index is 11.3. The van der Waals surface area contributed by atoms with Crippen molar-refractivity contribution in [3.63, 3.8) is 0 Å². The van der Waals surface area contributed by atoms with E-state index in [1.165, 1.54) is 0 Å². The van der Waals surface area contributed by atoms with E-state index in [2.05, 4.69) is 45.1 Å². The van der Waals surface area contributed by atoms with E-state index in [-0.39, 0.29) is 18.0 Å². The van der Waals surface area contributed by atoms with Gasteiger partial charge in [0.1, 0.15) is 0 Å². The predicted molar refractivity (Wildman–Crippen MR) is 120 cm³/mol. The van der Waals surface area contributed by atoms with Crippen LogP contribution >= 0.6 is 0 Å². The number of rotatable bonds is 5. The number of nitrogens with zero attached hydrogens (tertiary/aromatic N) is 4. The van der Waals surface area contributed by atoms with Gasteiger partial charge in [-0.3, -0.25) is 9.67 Å². The number of ether oxygens (including phenoxy) is 2. The summed E-state index contributed by atoms with van der Waals surface area (Å²) in [6.45, 7) is 5.21. The number of aromatic nitrogens is 3. The van der Waals surface area contributed by atoms with Gasteiger partial charge in [-0.25, -0.2) is 0 Å². The number of hydrogen-bond donors (Lipinski definition) is 2. The lowest BCUT2D eigenvalue weighted by molar-refractivity contribution is 0.0688. The topological polar surface area (TPSA) is 85.8 Å². The molecule has 2 N–H and O–H groups in total. The van der Waals surface area contributed by atoms with Gasteiger partial charge in [0, 0.05) is 43.6 Å². The molecule has 2 aromatic heterocycles. The summed E-state index contributed by atoms with van der Waals surface area (Å²) in [7, 11) is 1.95. The highest BCUT2D eigenvalue weighted by Crippen LogP contribution is 2.39. The van der Waals surface area contributed by atoms with Crippen molar-refractivity contribution in [2.24, 2.45) is 12.0 Å². The molecule has 0 amide bonds. The van der Waals surface area contributed by atoms with Crippen molar-refractivity contribution in [2.75, 3.05) is 38.3 Å². The Labute approximate surface area is 181 Å². The maximum atomic E-state index is 11.3. The fourth-order valence-electron chi connectivity index (χ4n) is 4.73. The molecule has 164 valence electrons. The highest BCUT2D eigenvalue weighted by atomic mass is 16.5. The van der Waals surface area contributed by atoms with Crippen molar-refractivity contribution >= 4 is 22.3 Å². The number of fused-ring (bicyclic) bond motifs is 1. The van der Waals surface area contributed by atoms with Gasteiger partial charge in [-0.15, -0.1) is 0 Å². The number of nitrogens with one attached hydrogen (secondary N) is 1. The first-order chi connectivity index (χ1) is 15.1. The summed E-state index contributed by atoms with van der Waals surface area (Å²) in [5.41, 5.74) is 4.72. The maximum Gasteiger partial charge on any atom is 0.201 e. The highest BCUT2D eigenvalue weighted by Gasteiger charge is 2.27. The van der Waals surface area contributed by atoms with Gasteiger partial charge in [0.05, 0.1) is 48.3 Å². The van der Waals surface area contributed by atoms with Crippen LogP contribution in [0, 0.1) is 0 Å². The Kier molecular flexibility index (Phi) is 5.41. The van der Waals surface area contributed by atoms with Crippen LogP contribution in [0.25, 0.3) is 10.9 Å². The zero-order chi connectivity index (χ0) is 21.4. The molecular formula is C23H29N5O3. The van der Waals surface area contributed by atoms with Crippen molar-refractivity contribution in [1.82, 2.24) is 14.3 Å². The minimum Gasteiger partial charge on any atom is -0.494 e. The zero-order valence-electron chi connectivity index (χ0n) is 18.0. The second-order valence-electron chi connectivity index (χ2n) is 8.27. The van der Waals surface area contributed by atoms with Crippen molar-refractivity contribution in [2.45, 2.75) is 31.8 Å². The molecule has 0 saturated carbocycles. The summed E-state index contributed by atoms with van der Waals surface area (Å²) in [5.74, 6) is 0.281. The van der Waals surface area contributed by atoms with Crippen molar-refractivity contribution in [3.05, 3.63) is 41.7 Å². The predicted octanol–water partition coefficient (Wildman–Crippen LogP) is 3.42. The molecule has 8 nitrogen and oxygen atoms in total. The van der Waals surface area contributed by atoms with E-state index in [0.29, 0.717) is 33.0 Å². The van der Waals surface area contributed by atoms with Gasteiger partial charge in [-0.1, -0.05) is 0 Å². The molecule has 0 bridgehead atoms. The molecule has 0 radical (unpaired) electrons. The van der Waals surface area contributed by atoms with E-state index in [1.54, 1.807) is 0 Å². The van der Waals surface area contributed by atoms with E-state index >= 15 is 0 Å². The summed E-state index contributed by atoms with van der Waals surface area (Å²) in [5, 5.41) is 20.2. The van der Waals surface area contributed by atoms with Crippen molar-refractivity contribution in [3.8, 4) is 5.88 Å². The van der Waals surface area contributed by atoms with Crippen LogP contribution in [0.5, 0.6) is 5.88 Å². The van der Waals surface area contributed by atoms with Gasteiger partial charge < -0.3 is 24.5 Å². The summed E-state index contributed by atoms with van der Waals surface area (Å²) < 4.78 is 15.2. The quantitative estimate of drug-likeness (QED) is 0.657. The summed E-state index contributed by atoms with van der Waals surface area (Å²) in [6, 6.07) is 8.61. The molecule has 5 rings (SSSR count). The lowest BCUT2D eigenvalue weighted by Gasteiger charge is -2.25. The molecule has 0 aliphatic carbocycles. The van der Waals surface area contributed by atoms with Crippen LogP contribution in [-0.4, -0.2) is 58.1 Å². The number of anilines is 1. The SMILES string of the molecule is CC(Nc1ccc2c(c1)c(C1=NCCOC1)c(O)n2C1CCOCC1)c1ccnn1C. The Balaban J connectivity index is 1.58. The van der Waals surface area contributed by atoms with Crippen molar-refractivity contribution < 1.29 is 14.6 Å². The molecule has 1 atom stereocenters. The number of aromatic hydroxyl groups is 1. The lowest BCUT2D eigenvalue weighted by Crippen LogP contribution is -2.20. The van der Waals surface area contributed by atoms with Gasteiger partial charge in [0.25, 0.3) is 0 Å². The Hall–Kier alpha value is -2.84. The van der Waals surface area contributed by atoms with Crippen LogP contribution in [0.4, 0.5) is 5.69 Å². The molecule has 1 unspecified atom stereocenters. The average molecular weight is 424 g/mol. The lowest BCUT2D eigenvalue weighted by atomic mass is 10.1. The molecule has 1 saturated heterocycles. The van der Waals surface area contributed by atoms with Gasteiger partial charge in [-0.2, -0.15) is 5.10 Å². The third-order valence-corrected chi connectivity index (χ3v) is 6.28. The van der Waals surface area contributed by atoms with Crippen LogP contribution in [0.2, 0.25) is 0 Å². The molecule has 4 heterocycles. The third kappa shape index (κ3) is 3.70. The van der Waals surface area contributed by atoms with E-state index in [1.807, 2.05) is 24.0 Å². The fraction of sp³-hybridized carbons (Fsp3) is 0.478. The van der Waals surface area contributed by atoms with E-state index in [0.717, 1.165) is 46.4 Å². The monoisotopic (exact) mass is 423 g/mol. The largest absolute Gasteiger partial charge is 0.494 e. The fourth-order valence-corrected chi connectivity index (χ4v) is 4.73. The molecule has 1 fully saturated rings. The Morgan fingerprint density at radius 1 is 1.16 bits per heavy atom. The first-order valence-corrected chi connectivity index (χ1v) is 10.9. The normalized spacial score (nSPS) is 18.8. The van der Waals surface area contributed by atoms with Gasteiger partial charge >= 0.3 is 0 Å². The number of aryl methyl sites for hydroxylation is 1. The second kappa shape index (κ2) is 8.36. The average Bonchev–Trinajstić information content (AvgIpc) is 3.35. The number of hydrogen-bond acceptors (Lipinski definition) is 6. The Morgan fingerprint density at radius 3 is 2.71 bits per heavy atom.